The minimum atomic E-state index is 1.23. The molecule has 0 radical (unpaired) electrons. The van der Waals surface area contributed by atoms with E-state index in [9.17, 15) is 0 Å². The van der Waals surface area contributed by atoms with E-state index >= 15 is 0 Å². The van der Waals surface area contributed by atoms with Crippen LogP contribution in [0.2, 0.25) is 0 Å². The molecule has 17 heavy (non-hydrogen) atoms. The van der Waals surface area contributed by atoms with Crippen LogP contribution < -0.4 is 5.53 Å². The van der Waals surface area contributed by atoms with Crippen LogP contribution >= 0.6 is 0 Å². The van der Waals surface area contributed by atoms with Crippen LogP contribution in [-0.4, -0.2) is 36.2 Å². The second-order valence-corrected chi connectivity index (χ2v) is 5.61. The smallest absolute Gasteiger partial charge is 0.0144 e. The Balaban J connectivity index is 1.72. The lowest BCUT2D eigenvalue weighted by Gasteiger charge is -2.33. The van der Waals surface area contributed by atoms with E-state index in [0.717, 1.165) is 0 Å². The normalized spacial score (nSPS) is 26.8. The van der Waals surface area contributed by atoms with E-state index in [4.69, 9.17) is 0 Å². The third kappa shape index (κ3) is 5.36. The van der Waals surface area contributed by atoms with Crippen LogP contribution in [0, 0.1) is 0 Å². The lowest BCUT2D eigenvalue weighted by molar-refractivity contribution is 0.0123. The Morgan fingerprint density at radius 1 is 0.412 bits per heavy atom. The van der Waals surface area contributed by atoms with Crippen LogP contribution in [0.3, 0.4) is 0 Å². The van der Waals surface area contributed by atoms with Gasteiger partial charge in [-0.15, -0.1) is 0 Å². The van der Waals surface area contributed by atoms with Crippen LogP contribution in [-0.2, 0) is 0 Å². The second-order valence-electron chi connectivity index (χ2n) is 5.61. The number of nitrogens with zero attached hydrogens (tertiary/aromatic N) is 2. The molecule has 2 aliphatic heterocycles. The summed E-state index contributed by atoms with van der Waals surface area (Å²) in [6.45, 7) is 4.93. The number of hydrogen-bond acceptors (Lipinski definition) is 3. The van der Waals surface area contributed by atoms with Crippen LogP contribution in [0.4, 0.5) is 0 Å². The van der Waals surface area contributed by atoms with Crippen molar-refractivity contribution in [2.45, 2.75) is 64.2 Å². The molecular formula is C14H29N3. The lowest BCUT2D eigenvalue weighted by atomic mass is 10.1. The van der Waals surface area contributed by atoms with Crippen molar-refractivity contribution in [3.05, 3.63) is 0 Å². The predicted molar refractivity (Wildman–Crippen MR) is 72.5 cm³/mol. The van der Waals surface area contributed by atoms with Gasteiger partial charge in [-0.2, -0.15) is 5.53 Å². The van der Waals surface area contributed by atoms with E-state index in [-0.39, 0.29) is 0 Å². The van der Waals surface area contributed by atoms with Gasteiger partial charge < -0.3 is 0 Å². The summed E-state index contributed by atoms with van der Waals surface area (Å²) in [6, 6.07) is 0. The van der Waals surface area contributed by atoms with Crippen molar-refractivity contribution in [3.63, 3.8) is 0 Å². The van der Waals surface area contributed by atoms with E-state index in [1.165, 1.54) is 90.4 Å². The zero-order chi connectivity index (χ0) is 11.8. The van der Waals surface area contributed by atoms with E-state index in [0.29, 0.717) is 0 Å². The Hall–Kier alpha value is -0.120. The minimum absolute atomic E-state index is 1.23. The minimum Gasteiger partial charge on any atom is -0.231 e. The molecule has 2 aliphatic rings. The third-order valence-corrected chi connectivity index (χ3v) is 3.99. The molecule has 3 nitrogen and oxygen atoms in total. The first-order valence-corrected chi connectivity index (χ1v) is 7.71. The summed E-state index contributed by atoms with van der Waals surface area (Å²) in [5.74, 6) is 0. The molecule has 0 spiro atoms. The van der Waals surface area contributed by atoms with Gasteiger partial charge in [-0.3, -0.25) is 0 Å². The lowest BCUT2D eigenvalue weighted by Crippen LogP contribution is -2.51. The Labute approximate surface area is 106 Å². The second kappa shape index (κ2) is 8.06. The number of nitrogens with one attached hydrogen (secondary N) is 1. The SMILES string of the molecule is C1CCCN(NN2CCCCCCC2)CCC1. The monoisotopic (exact) mass is 239 g/mol. The molecule has 2 fully saturated rings. The molecule has 0 aliphatic carbocycles. The molecule has 0 aromatic rings. The highest BCUT2D eigenvalue weighted by atomic mass is 15.7. The molecule has 1 N–H and O–H groups in total. The molecule has 0 aromatic carbocycles. The maximum Gasteiger partial charge on any atom is 0.0144 e. The van der Waals surface area contributed by atoms with Gasteiger partial charge in [-0.1, -0.05) is 38.5 Å². The van der Waals surface area contributed by atoms with E-state index < -0.39 is 0 Å². The third-order valence-electron chi connectivity index (χ3n) is 3.99. The maximum atomic E-state index is 3.66. The maximum absolute atomic E-state index is 3.66. The molecule has 0 bridgehead atoms. The van der Waals surface area contributed by atoms with Crippen molar-refractivity contribution in [2.24, 2.45) is 0 Å². The van der Waals surface area contributed by atoms with Crippen molar-refractivity contribution >= 4 is 0 Å². The molecule has 3 heteroatoms. The molecule has 0 atom stereocenters. The van der Waals surface area contributed by atoms with Gasteiger partial charge in [-0.25, -0.2) is 10.0 Å². The van der Waals surface area contributed by atoms with E-state index in [1.54, 1.807) is 0 Å². The topological polar surface area (TPSA) is 18.5 Å². The van der Waals surface area contributed by atoms with Crippen molar-refractivity contribution in [1.82, 2.24) is 15.6 Å². The highest BCUT2D eigenvalue weighted by molar-refractivity contribution is 4.61. The molecule has 0 aromatic heterocycles. The van der Waals surface area contributed by atoms with Gasteiger partial charge >= 0.3 is 0 Å². The average Bonchev–Trinajstić information content (AvgIpc) is 2.24. The highest BCUT2D eigenvalue weighted by Gasteiger charge is 2.13. The van der Waals surface area contributed by atoms with Crippen LogP contribution in [0.1, 0.15) is 64.2 Å². The molecule has 100 valence electrons. The standard InChI is InChI=1S/C14H29N3/c1-3-7-11-16(12-8-4-1)15-17-13-9-5-2-6-10-14-17/h15H,1-14H2. The fourth-order valence-electron chi connectivity index (χ4n) is 2.89. The fraction of sp³-hybridized carbons (Fsp3) is 1.00. The van der Waals surface area contributed by atoms with Gasteiger partial charge in [0.1, 0.15) is 0 Å². The quantitative estimate of drug-likeness (QED) is 0.799. The van der Waals surface area contributed by atoms with Crippen LogP contribution in [0.15, 0.2) is 0 Å². The van der Waals surface area contributed by atoms with Gasteiger partial charge in [0, 0.05) is 26.2 Å². The molecule has 0 saturated carbocycles. The van der Waals surface area contributed by atoms with Crippen molar-refractivity contribution in [1.29, 1.82) is 0 Å². The van der Waals surface area contributed by atoms with Gasteiger partial charge in [0.2, 0.25) is 0 Å². The van der Waals surface area contributed by atoms with Crippen LogP contribution in [0.5, 0.6) is 0 Å². The van der Waals surface area contributed by atoms with Crippen molar-refractivity contribution < 1.29 is 0 Å². The Morgan fingerprint density at radius 2 is 0.706 bits per heavy atom. The van der Waals surface area contributed by atoms with Crippen molar-refractivity contribution in [2.75, 3.05) is 26.2 Å². The summed E-state index contributed by atoms with van der Waals surface area (Å²) in [5.41, 5.74) is 3.66. The summed E-state index contributed by atoms with van der Waals surface area (Å²) < 4.78 is 0. The molecule has 2 heterocycles. The fourth-order valence-corrected chi connectivity index (χ4v) is 2.89. The van der Waals surface area contributed by atoms with Gasteiger partial charge in [-0.05, 0) is 25.7 Å². The largest absolute Gasteiger partial charge is 0.231 e. The first-order valence-electron chi connectivity index (χ1n) is 7.71. The average molecular weight is 239 g/mol. The highest BCUT2D eigenvalue weighted by Crippen LogP contribution is 2.11. The molecule has 0 amide bonds. The van der Waals surface area contributed by atoms with Gasteiger partial charge in [0.15, 0.2) is 0 Å². The van der Waals surface area contributed by atoms with Crippen LogP contribution in [0.25, 0.3) is 0 Å². The number of hydrogen-bond donors (Lipinski definition) is 1. The number of rotatable bonds is 2. The summed E-state index contributed by atoms with van der Waals surface area (Å²) >= 11 is 0. The summed E-state index contributed by atoms with van der Waals surface area (Å²) in [6.07, 6.45) is 14.0. The first kappa shape index (κ1) is 13.3. The Bertz CT molecular complexity index is 160. The number of hydrazine groups is 2. The first-order chi connectivity index (χ1) is 8.45. The Morgan fingerprint density at radius 3 is 1.06 bits per heavy atom. The van der Waals surface area contributed by atoms with Gasteiger partial charge in [0.05, 0.1) is 0 Å². The Kier molecular flexibility index (Phi) is 6.32. The molecular weight excluding hydrogens is 210 g/mol. The molecule has 2 rings (SSSR count). The predicted octanol–water partition coefficient (Wildman–Crippen LogP) is 2.94. The van der Waals surface area contributed by atoms with E-state index in [2.05, 4.69) is 15.6 Å². The summed E-state index contributed by atoms with van der Waals surface area (Å²) in [5, 5.41) is 4.92. The molecule has 0 unspecified atom stereocenters. The van der Waals surface area contributed by atoms with E-state index in [1.807, 2.05) is 0 Å². The zero-order valence-electron chi connectivity index (χ0n) is 11.3. The zero-order valence-corrected chi connectivity index (χ0v) is 11.3. The summed E-state index contributed by atoms with van der Waals surface area (Å²) in [7, 11) is 0. The van der Waals surface area contributed by atoms with Crippen molar-refractivity contribution in [3.8, 4) is 0 Å². The van der Waals surface area contributed by atoms with Gasteiger partial charge in [0.25, 0.3) is 0 Å². The molecule has 2 saturated heterocycles. The summed E-state index contributed by atoms with van der Waals surface area (Å²) in [4.78, 5) is 0.